The summed E-state index contributed by atoms with van der Waals surface area (Å²) in [5.74, 6) is 0. The minimum absolute atomic E-state index is 0.281. The average Bonchev–Trinajstić information content (AvgIpc) is 2.12. The van der Waals surface area contributed by atoms with Gasteiger partial charge in [0.15, 0.2) is 0 Å². The molecule has 0 fully saturated rings. The molecule has 0 aliphatic heterocycles. The molecule has 0 rings (SSSR count). The summed E-state index contributed by atoms with van der Waals surface area (Å²) in [7, 11) is 6.46. The van der Waals surface area contributed by atoms with Gasteiger partial charge in [-0.1, -0.05) is 0 Å². The van der Waals surface area contributed by atoms with E-state index in [0.29, 0.717) is 0 Å². The van der Waals surface area contributed by atoms with Gasteiger partial charge in [0.2, 0.25) is 0 Å². The molecule has 0 bridgehead atoms. The third kappa shape index (κ3) is 44.9. The number of hydrogen-bond donors (Lipinski definition) is 4. The summed E-state index contributed by atoms with van der Waals surface area (Å²) >= 11 is 0. The normalized spacial score (nSPS) is 11.7. The van der Waals surface area contributed by atoms with Crippen LogP contribution in [0.25, 0.3) is 0 Å². The summed E-state index contributed by atoms with van der Waals surface area (Å²) in [6.07, 6.45) is 0. The first-order chi connectivity index (χ1) is 9.25. The summed E-state index contributed by atoms with van der Waals surface area (Å²) < 4.78 is 5.07. The average molecular weight is 352 g/mol. The molecule has 132 valence electrons. The minimum Gasteiger partial charge on any atom is -0.820 e. The molecule has 0 aromatic carbocycles. The quantitative estimate of drug-likeness (QED) is 0.307. The zero-order valence-corrected chi connectivity index (χ0v) is 15.4. The highest BCUT2D eigenvalue weighted by molar-refractivity contribution is 7.52. The van der Waals surface area contributed by atoms with Crippen molar-refractivity contribution >= 4 is 17.2 Å². The van der Waals surface area contributed by atoms with Crippen LogP contribution < -0.4 is 9.79 Å². The molecule has 0 aromatic heterocycles. The number of likely N-dealkylation sites (N-methyl/N-ethyl adjacent to an activating group) is 2. The fourth-order valence-electron chi connectivity index (χ4n) is 0.660. The van der Waals surface area contributed by atoms with Crippen molar-refractivity contribution in [3.63, 3.8) is 0 Å². The lowest BCUT2D eigenvalue weighted by atomic mass is 10.5. The predicted octanol–water partition coefficient (Wildman–Crippen LogP) is -2.47. The van der Waals surface area contributed by atoms with E-state index in [2.05, 4.69) is 46.6 Å². The number of quaternary nitrogens is 2. The molecule has 0 radical (unpaired) electrons. The molecule has 0 aliphatic rings. The van der Waals surface area contributed by atoms with Crippen LogP contribution in [-0.2, 0) is 4.31 Å². The van der Waals surface area contributed by atoms with Crippen LogP contribution in [0.3, 0.4) is 0 Å². The fraction of sp³-hybridized carbons (Fsp3) is 1.00. The Balaban J connectivity index is -0.000000231. The second-order valence-electron chi connectivity index (χ2n) is 6.03. The number of aliphatic hydroxyl groups excluding tert-OH is 2. The Morgan fingerprint density at radius 2 is 1.10 bits per heavy atom. The molecule has 0 amide bonds. The van der Waals surface area contributed by atoms with Gasteiger partial charge >= 0.3 is 8.60 Å². The van der Waals surface area contributed by atoms with Gasteiger partial charge < -0.3 is 43.1 Å². The van der Waals surface area contributed by atoms with Crippen LogP contribution in [0.15, 0.2) is 0 Å². The molecule has 4 N–H and O–H groups in total. The van der Waals surface area contributed by atoms with E-state index >= 15 is 0 Å². The maximum absolute atomic E-state index is 9.32. The first-order valence-electron chi connectivity index (χ1n) is 6.08. The number of nitrogens with zero attached hydrogens (tertiary/aromatic N) is 2. The molecule has 0 saturated heterocycles. The van der Waals surface area contributed by atoms with E-state index < -0.39 is 17.2 Å². The van der Waals surface area contributed by atoms with E-state index in [0.717, 1.165) is 22.1 Å². The van der Waals surface area contributed by atoms with E-state index in [4.69, 9.17) is 20.0 Å². The van der Waals surface area contributed by atoms with E-state index in [9.17, 15) is 9.79 Å². The van der Waals surface area contributed by atoms with Crippen LogP contribution >= 0.6 is 17.2 Å². The van der Waals surface area contributed by atoms with Gasteiger partial charge in [-0.05, 0) is 0 Å². The van der Waals surface area contributed by atoms with Gasteiger partial charge in [-0.2, -0.15) is 0 Å². The molecular weight excluding hydrogens is 322 g/mol. The lowest BCUT2D eigenvalue weighted by Gasteiger charge is -2.28. The van der Waals surface area contributed by atoms with Gasteiger partial charge in [-0.15, -0.1) is 8.60 Å². The van der Waals surface area contributed by atoms with Crippen molar-refractivity contribution in [1.29, 1.82) is 0 Å². The van der Waals surface area contributed by atoms with Crippen LogP contribution in [0, 0.1) is 0 Å². The van der Waals surface area contributed by atoms with Gasteiger partial charge in [0.25, 0.3) is 0 Å². The highest BCUT2D eigenvalue weighted by Crippen LogP contribution is 2.36. The monoisotopic (exact) mass is 352 g/mol. The maximum Gasteiger partial charge on any atom is 0.328 e. The van der Waals surface area contributed by atoms with E-state index in [1.807, 2.05) is 0 Å². The van der Waals surface area contributed by atoms with Crippen LogP contribution in [0.5, 0.6) is 0 Å². The third-order valence-corrected chi connectivity index (χ3v) is 2.80. The number of aliphatic hydroxyl groups is 2. The van der Waals surface area contributed by atoms with Crippen molar-refractivity contribution in [2.45, 2.75) is 0 Å². The smallest absolute Gasteiger partial charge is 0.328 e. The Hall–Kier alpha value is 0.500. The third-order valence-electron chi connectivity index (χ3n) is 1.68. The number of rotatable bonds is 6. The topological polar surface area (TPSA) is 136 Å². The first-order valence-corrected chi connectivity index (χ1v) is 8.34. The van der Waals surface area contributed by atoms with Crippen molar-refractivity contribution < 1.29 is 43.1 Å². The Morgan fingerprint density at radius 1 is 0.810 bits per heavy atom. The summed E-state index contributed by atoms with van der Waals surface area (Å²) in [5.41, 5.74) is 0. The zero-order valence-electron chi connectivity index (χ0n) is 13.6. The standard InChI is InChI=1S/2C5H14NO.H2O5P2/c2*1-6(2,3)4-5-7;1-6(2)5-7(3)4/h2*7H,4-5H2,1-3H3;1-2H/q2*+1;-2. The largest absolute Gasteiger partial charge is 0.820 e. The molecule has 0 heterocycles. The molecular formula is C10H30N2O7P2. The fourth-order valence-corrected chi connectivity index (χ4v) is 1.14. The Bertz CT molecular complexity index is 198. The molecule has 9 nitrogen and oxygen atoms in total. The minimum atomic E-state index is -3.11. The zero-order chi connectivity index (χ0) is 17.7. The summed E-state index contributed by atoms with van der Waals surface area (Å²) in [5, 5.41) is 16.8. The predicted molar refractivity (Wildman–Crippen MR) is 79.3 cm³/mol. The molecule has 0 unspecified atom stereocenters. The van der Waals surface area contributed by atoms with E-state index in [-0.39, 0.29) is 13.2 Å². The van der Waals surface area contributed by atoms with Gasteiger partial charge in [-0.25, -0.2) is 0 Å². The number of hydrogen-bond acceptors (Lipinski definition) is 7. The summed E-state index contributed by atoms with van der Waals surface area (Å²) in [4.78, 5) is 34.1. The Labute approximate surface area is 129 Å². The summed E-state index contributed by atoms with van der Waals surface area (Å²) in [6, 6.07) is 0. The van der Waals surface area contributed by atoms with Gasteiger partial charge in [0.1, 0.15) is 13.1 Å². The van der Waals surface area contributed by atoms with Crippen LogP contribution in [0.2, 0.25) is 0 Å². The molecule has 21 heavy (non-hydrogen) atoms. The Kier molecular flexibility index (Phi) is 17.7. The van der Waals surface area contributed by atoms with Crippen LogP contribution in [-0.4, -0.2) is 97.6 Å². The van der Waals surface area contributed by atoms with Gasteiger partial charge in [-0.3, -0.25) is 0 Å². The van der Waals surface area contributed by atoms with E-state index in [1.165, 1.54) is 0 Å². The Morgan fingerprint density at radius 3 is 1.10 bits per heavy atom. The van der Waals surface area contributed by atoms with Crippen LogP contribution in [0.1, 0.15) is 0 Å². The molecule has 11 heteroatoms. The van der Waals surface area contributed by atoms with Gasteiger partial charge in [0, 0.05) is 0 Å². The molecule has 0 spiro atoms. The van der Waals surface area contributed by atoms with Crippen molar-refractivity contribution in [3.8, 4) is 0 Å². The second-order valence-corrected chi connectivity index (χ2v) is 7.64. The van der Waals surface area contributed by atoms with Crippen molar-refractivity contribution in [1.82, 2.24) is 0 Å². The van der Waals surface area contributed by atoms with Crippen molar-refractivity contribution in [2.75, 3.05) is 68.6 Å². The highest BCUT2D eigenvalue weighted by Gasteiger charge is 2.02. The molecule has 0 aliphatic carbocycles. The van der Waals surface area contributed by atoms with Crippen LogP contribution in [0.4, 0.5) is 0 Å². The van der Waals surface area contributed by atoms with E-state index in [1.54, 1.807) is 0 Å². The highest BCUT2D eigenvalue weighted by atomic mass is 31.2. The SMILES string of the molecule is C[N+](C)(C)CCO.C[N+](C)(C)CCO.[O-]P([O-])OP(O)O. The van der Waals surface area contributed by atoms with Crippen molar-refractivity contribution in [3.05, 3.63) is 0 Å². The lowest BCUT2D eigenvalue weighted by Crippen LogP contribution is -2.36. The lowest BCUT2D eigenvalue weighted by molar-refractivity contribution is -0.870. The maximum atomic E-state index is 9.32. The van der Waals surface area contributed by atoms with Gasteiger partial charge in [0.05, 0.1) is 55.5 Å². The molecule has 0 atom stereocenters. The first kappa shape index (κ1) is 26.4. The van der Waals surface area contributed by atoms with Crippen molar-refractivity contribution in [2.24, 2.45) is 0 Å². The molecule has 0 saturated carbocycles. The summed E-state index contributed by atoms with van der Waals surface area (Å²) in [6.45, 7) is 2.23. The molecule has 0 aromatic rings. The second kappa shape index (κ2) is 14.1.